The van der Waals surface area contributed by atoms with E-state index < -0.39 is 11.3 Å². The number of rotatable bonds is 6. The fourth-order valence-electron chi connectivity index (χ4n) is 3.96. The van der Waals surface area contributed by atoms with E-state index in [-0.39, 0.29) is 5.91 Å². The third kappa shape index (κ3) is 4.51. The lowest BCUT2D eigenvalue weighted by Gasteiger charge is -2.36. The van der Waals surface area contributed by atoms with Crippen LogP contribution in [0.5, 0.6) is 0 Å². The summed E-state index contributed by atoms with van der Waals surface area (Å²) >= 11 is 6.19. The first-order chi connectivity index (χ1) is 13.0. The van der Waals surface area contributed by atoms with Gasteiger partial charge in [0.05, 0.1) is 5.41 Å². The Bertz CT molecular complexity index is 829. The van der Waals surface area contributed by atoms with Crippen LogP contribution in [0.25, 0.3) is 0 Å². The molecule has 2 amide bonds. The second-order valence-electron chi connectivity index (χ2n) is 7.22. The molecule has 4 nitrogen and oxygen atoms in total. The van der Waals surface area contributed by atoms with Crippen molar-refractivity contribution in [2.75, 3.05) is 6.54 Å². The summed E-state index contributed by atoms with van der Waals surface area (Å²) in [6, 6.07) is 14.9. The van der Waals surface area contributed by atoms with Crippen molar-refractivity contribution < 1.29 is 9.59 Å². The molecular formula is C22H25ClN2O2. The predicted molar refractivity (Wildman–Crippen MR) is 108 cm³/mol. The molecule has 1 fully saturated rings. The van der Waals surface area contributed by atoms with E-state index in [2.05, 4.69) is 5.32 Å². The summed E-state index contributed by atoms with van der Waals surface area (Å²) in [6.07, 6.45) is 5.59. The summed E-state index contributed by atoms with van der Waals surface area (Å²) in [4.78, 5) is 24.5. The van der Waals surface area contributed by atoms with E-state index in [0.29, 0.717) is 23.6 Å². The number of carbonyl (C=O) groups excluding carboxylic acids is 2. The molecule has 3 rings (SSSR count). The van der Waals surface area contributed by atoms with Crippen LogP contribution in [-0.2, 0) is 16.6 Å². The number of carbonyl (C=O) groups is 2. The number of benzene rings is 2. The van der Waals surface area contributed by atoms with Crippen molar-refractivity contribution in [1.82, 2.24) is 5.32 Å². The van der Waals surface area contributed by atoms with Crippen molar-refractivity contribution in [2.24, 2.45) is 5.73 Å². The number of hydrogen-bond donors (Lipinski definition) is 2. The van der Waals surface area contributed by atoms with Crippen molar-refractivity contribution in [1.29, 1.82) is 0 Å². The van der Waals surface area contributed by atoms with Crippen LogP contribution in [0.2, 0.25) is 5.02 Å². The summed E-state index contributed by atoms with van der Waals surface area (Å²) in [5.74, 6) is -0.376. The Hall–Kier alpha value is -2.33. The minimum atomic E-state index is -0.502. The summed E-state index contributed by atoms with van der Waals surface area (Å²) in [5.41, 5.74) is 7.30. The lowest BCUT2D eigenvalue weighted by molar-refractivity contribution is -0.128. The maximum atomic E-state index is 13.2. The van der Waals surface area contributed by atoms with E-state index in [1.807, 2.05) is 36.4 Å². The average Bonchev–Trinajstić information content (AvgIpc) is 2.68. The first-order valence-electron chi connectivity index (χ1n) is 9.44. The largest absolute Gasteiger partial charge is 0.366 e. The summed E-state index contributed by atoms with van der Waals surface area (Å²) < 4.78 is 0. The molecule has 2 aromatic rings. The van der Waals surface area contributed by atoms with Gasteiger partial charge < -0.3 is 11.1 Å². The molecule has 1 aliphatic rings. The molecule has 0 aromatic heterocycles. The van der Waals surface area contributed by atoms with Crippen molar-refractivity contribution in [2.45, 2.75) is 43.9 Å². The van der Waals surface area contributed by atoms with Gasteiger partial charge in [-0.2, -0.15) is 0 Å². The Labute approximate surface area is 165 Å². The molecule has 0 unspecified atom stereocenters. The van der Waals surface area contributed by atoms with Gasteiger partial charge in [0, 0.05) is 17.1 Å². The number of hydrogen-bond acceptors (Lipinski definition) is 2. The third-order valence-electron chi connectivity index (χ3n) is 5.43. The average molecular weight is 385 g/mol. The first kappa shape index (κ1) is 19.4. The topological polar surface area (TPSA) is 72.2 Å². The van der Waals surface area contributed by atoms with Crippen LogP contribution in [-0.4, -0.2) is 18.4 Å². The molecule has 5 heteroatoms. The molecule has 3 N–H and O–H groups in total. The number of nitrogens with two attached hydrogens (primary N) is 1. The van der Waals surface area contributed by atoms with Crippen molar-refractivity contribution in [3.63, 3.8) is 0 Å². The first-order valence-corrected chi connectivity index (χ1v) is 9.82. The standard InChI is InChI=1S/C22H25ClN2O2/c23-19-9-5-8-18(15-19)22(11-2-1-3-12-22)21(27)25-13-10-16-6-4-7-17(14-16)20(24)26/h4-9,14-15H,1-3,10-13H2,(H2,24,26)(H,25,27). The second kappa shape index (κ2) is 8.57. The maximum Gasteiger partial charge on any atom is 0.248 e. The highest BCUT2D eigenvalue weighted by Gasteiger charge is 2.40. The number of primary amides is 1. The molecule has 0 heterocycles. The predicted octanol–water partition coefficient (Wildman–Crippen LogP) is 4.00. The molecule has 27 heavy (non-hydrogen) atoms. The maximum absolute atomic E-state index is 13.2. The van der Waals surface area contributed by atoms with Gasteiger partial charge in [-0.1, -0.05) is 55.1 Å². The quantitative estimate of drug-likeness (QED) is 0.790. The summed E-state index contributed by atoms with van der Waals surface area (Å²) in [5, 5.41) is 3.77. The number of nitrogens with one attached hydrogen (secondary N) is 1. The van der Waals surface area contributed by atoms with Crippen LogP contribution in [0.4, 0.5) is 0 Å². The van der Waals surface area contributed by atoms with Gasteiger partial charge in [0.1, 0.15) is 0 Å². The highest BCUT2D eigenvalue weighted by Crippen LogP contribution is 2.40. The zero-order chi connectivity index (χ0) is 19.3. The van der Waals surface area contributed by atoms with Gasteiger partial charge in [-0.15, -0.1) is 0 Å². The monoisotopic (exact) mass is 384 g/mol. The van der Waals surface area contributed by atoms with Crippen LogP contribution in [0.15, 0.2) is 48.5 Å². The van der Waals surface area contributed by atoms with Crippen LogP contribution in [0, 0.1) is 0 Å². The van der Waals surface area contributed by atoms with Gasteiger partial charge in [0.15, 0.2) is 0 Å². The molecule has 1 aliphatic carbocycles. The molecular weight excluding hydrogens is 360 g/mol. The Balaban J connectivity index is 1.70. The van der Waals surface area contributed by atoms with Crippen LogP contribution in [0.1, 0.15) is 53.6 Å². The summed E-state index contributed by atoms with van der Waals surface area (Å²) in [7, 11) is 0. The molecule has 0 saturated heterocycles. The van der Waals surface area contributed by atoms with Gasteiger partial charge in [0.25, 0.3) is 0 Å². The zero-order valence-corrected chi connectivity index (χ0v) is 16.1. The van der Waals surface area contributed by atoms with Crippen molar-refractivity contribution in [3.05, 3.63) is 70.2 Å². The summed E-state index contributed by atoms with van der Waals surface area (Å²) in [6.45, 7) is 0.517. The van der Waals surface area contributed by atoms with E-state index in [1.165, 1.54) is 0 Å². The van der Waals surface area contributed by atoms with Gasteiger partial charge in [-0.25, -0.2) is 0 Å². The minimum Gasteiger partial charge on any atom is -0.366 e. The minimum absolute atomic E-state index is 0.0653. The Kier molecular flexibility index (Phi) is 6.17. The number of halogens is 1. The van der Waals surface area contributed by atoms with Crippen LogP contribution >= 0.6 is 11.6 Å². The van der Waals surface area contributed by atoms with E-state index in [0.717, 1.165) is 43.2 Å². The van der Waals surface area contributed by atoms with Crippen LogP contribution < -0.4 is 11.1 Å². The molecule has 1 saturated carbocycles. The van der Waals surface area contributed by atoms with Gasteiger partial charge in [0.2, 0.25) is 11.8 Å². The molecule has 2 aromatic carbocycles. The Morgan fingerprint density at radius 1 is 1.04 bits per heavy atom. The Morgan fingerprint density at radius 2 is 1.78 bits per heavy atom. The van der Waals surface area contributed by atoms with E-state index in [9.17, 15) is 9.59 Å². The molecule has 0 bridgehead atoms. The fourth-order valence-corrected chi connectivity index (χ4v) is 4.15. The smallest absolute Gasteiger partial charge is 0.248 e. The molecule has 0 spiro atoms. The van der Waals surface area contributed by atoms with Gasteiger partial charge in [-0.05, 0) is 54.7 Å². The molecule has 142 valence electrons. The van der Waals surface area contributed by atoms with E-state index in [4.69, 9.17) is 17.3 Å². The zero-order valence-electron chi connectivity index (χ0n) is 15.3. The normalized spacial score (nSPS) is 15.9. The van der Waals surface area contributed by atoms with Crippen LogP contribution in [0.3, 0.4) is 0 Å². The molecule has 0 aliphatic heterocycles. The van der Waals surface area contributed by atoms with E-state index >= 15 is 0 Å². The Morgan fingerprint density at radius 3 is 2.48 bits per heavy atom. The second-order valence-corrected chi connectivity index (χ2v) is 7.66. The van der Waals surface area contributed by atoms with Gasteiger partial charge in [-0.3, -0.25) is 9.59 Å². The SMILES string of the molecule is NC(=O)c1cccc(CCNC(=O)C2(c3cccc(Cl)c3)CCCCC2)c1. The van der Waals surface area contributed by atoms with E-state index in [1.54, 1.807) is 12.1 Å². The molecule has 0 radical (unpaired) electrons. The van der Waals surface area contributed by atoms with Crippen molar-refractivity contribution >= 4 is 23.4 Å². The number of amides is 2. The lowest BCUT2D eigenvalue weighted by atomic mass is 9.68. The molecule has 0 atom stereocenters. The highest BCUT2D eigenvalue weighted by molar-refractivity contribution is 6.30. The highest BCUT2D eigenvalue weighted by atomic mass is 35.5. The van der Waals surface area contributed by atoms with Gasteiger partial charge >= 0.3 is 0 Å². The lowest BCUT2D eigenvalue weighted by Crippen LogP contribution is -2.46. The third-order valence-corrected chi connectivity index (χ3v) is 5.66. The van der Waals surface area contributed by atoms with Crippen molar-refractivity contribution in [3.8, 4) is 0 Å². The fraction of sp³-hybridized carbons (Fsp3) is 0.364.